The van der Waals surface area contributed by atoms with Crippen molar-refractivity contribution in [3.63, 3.8) is 0 Å². The molecular weight excluding hydrogens is 346 g/mol. The van der Waals surface area contributed by atoms with E-state index in [-0.39, 0.29) is 5.91 Å². The number of amides is 1. The van der Waals surface area contributed by atoms with Crippen LogP contribution in [0.25, 0.3) is 6.08 Å². The van der Waals surface area contributed by atoms with Crippen LogP contribution >= 0.6 is 15.9 Å². The molecule has 2 heterocycles. The minimum Gasteiger partial charge on any atom is -0.336 e. The fraction of sp³-hybridized carbons (Fsp3) is 0.400. The predicted octanol–water partition coefficient (Wildman–Crippen LogP) is 2.55. The van der Waals surface area contributed by atoms with Crippen LogP contribution in [0.2, 0.25) is 0 Å². The van der Waals surface area contributed by atoms with Crippen LogP contribution < -0.4 is 0 Å². The Hall–Kier alpha value is -1.89. The van der Waals surface area contributed by atoms with Gasteiger partial charge in [-0.1, -0.05) is 0 Å². The van der Waals surface area contributed by atoms with Gasteiger partial charge >= 0.3 is 0 Å². The molecule has 6 nitrogen and oxygen atoms in total. The molecule has 7 heteroatoms. The van der Waals surface area contributed by atoms with Crippen LogP contribution in [0.5, 0.6) is 0 Å². The zero-order chi connectivity index (χ0) is 16.1. The van der Waals surface area contributed by atoms with Crippen LogP contribution in [0.4, 0.5) is 0 Å². The van der Waals surface area contributed by atoms with Crippen molar-refractivity contribution in [1.82, 2.24) is 24.5 Å². The topological polar surface area (TPSA) is 56.0 Å². The zero-order valence-electron chi connectivity index (χ0n) is 13.0. The summed E-state index contributed by atoms with van der Waals surface area (Å²) in [5.41, 5.74) is 1.91. The van der Waals surface area contributed by atoms with Gasteiger partial charge < -0.3 is 4.90 Å². The minimum atomic E-state index is -0.0556. The minimum absolute atomic E-state index is 0.0556. The summed E-state index contributed by atoms with van der Waals surface area (Å²) < 4.78 is 4.62. The van der Waals surface area contributed by atoms with Crippen LogP contribution in [0.3, 0.4) is 0 Å². The van der Waals surface area contributed by atoms with E-state index >= 15 is 0 Å². The Morgan fingerprint density at radius 2 is 2.09 bits per heavy atom. The van der Waals surface area contributed by atoms with Gasteiger partial charge in [0.2, 0.25) is 5.91 Å². The summed E-state index contributed by atoms with van der Waals surface area (Å²) in [5, 5.41) is 8.43. The quantitative estimate of drug-likeness (QED) is 0.739. The van der Waals surface area contributed by atoms with E-state index in [4.69, 9.17) is 0 Å². The second kappa shape index (κ2) is 7.40. The summed E-state index contributed by atoms with van der Waals surface area (Å²) in [6.45, 7) is 6.14. The van der Waals surface area contributed by atoms with Crippen LogP contribution in [-0.4, -0.2) is 37.4 Å². The molecule has 0 radical (unpaired) electrons. The van der Waals surface area contributed by atoms with Crippen molar-refractivity contribution in [3.8, 4) is 0 Å². The summed E-state index contributed by atoms with van der Waals surface area (Å²) in [4.78, 5) is 13.9. The van der Waals surface area contributed by atoms with Gasteiger partial charge in [-0.2, -0.15) is 10.2 Å². The normalized spacial score (nSPS) is 11.3. The van der Waals surface area contributed by atoms with Gasteiger partial charge in [-0.05, 0) is 35.9 Å². The molecule has 0 bridgehead atoms. The van der Waals surface area contributed by atoms with Gasteiger partial charge in [0.15, 0.2) is 0 Å². The maximum atomic E-state index is 12.2. The molecule has 0 aromatic carbocycles. The number of likely N-dealkylation sites (N-methyl/N-ethyl adjacent to an activating group) is 1. The first-order valence-corrected chi connectivity index (χ1v) is 8.00. The number of carbonyl (C=O) groups excluding carboxylic acids is 1. The second-order valence-corrected chi connectivity index (χ2v) is 5.77. The summed E-state index contributed by atoms with van der Waals surface area (Å²) in [7, 11) is 1.78. The molecule has 22 heavy (non-hydrogen) atoms. The molecule has 2 rings (SSSR count). The third kappa shape index (κ3) is 3.85. The second-order valence-electron chi connectivity index (χ2n) is 4.91. The molecule has 0 aliphatic rings. The third-order valence-corrected chi connectivity index (χ3v) is 4.02. The van der Waals surface area contributed by atoms with Gasteiger partial charge in [0.1, 0.15) is 0 Å². The first-order valence-electron chi connectivity index (χ1n) is 7.21. The van der Waals surface area contributed by atoms with Crippen LogP contribution in [0, 0.1) is 0 Å². The Morgan fingerprint density at radius 1 is 1.32 bits per heavy atom. The van der Waals surface area contributed by atoms with Gasteiger partial charge in [0.25, 0.3) is 0 Å². The fourth-order valence-corrected chi connectivity index (χ4v) is 2.48. The van der Waals surface area contributed by atoms with Crippen molar-refractivity contribution < 1.29 is 4.79 Å². The highest BCUT2D eigenvalue weighted by atomic mass is 79.9. The van der Waals surface area contributed by atoms with Crippen molar-refractivity contribution in [3.05, 3.63) is 40.4 Å². The molecule has 2 aromatic rings. The smallest absolute Gasteiger partial charge is 0.246 e. The number of aromatic nitrogens is 4. The molecule has 118 valence electrons. The molecule has 0 saturated heterocycles. The fourth-order valence-electron chi connectivity index (χ4n) is 2.05. The van der Waals surface area contributed by atoms with E-state index < -0.39 is 0 Å². The average Bonchev–Trinajstić information content (AvgIpc) is 3.12. The molecule has 0 spiro atoms. The van der Waals surface area contributed by atoms with E-state index in [1.54, 1.807) is 36.5 Å². The zero-order valence-corrected chi connectivity index (χ0v) is 14.6. The Bertz CT molecular complexity index is 673. The predicted molar refractivity (Wildman–Crippen MR) is 89.0 cm³/mol. The third-order valence-electron chi connectivity index (χ3n) is 3.36. The largest absolute Gasteiger partial charge is 0.336 e. The average molecular weight is 366 g/mol. The van der Waals surface area contributed by atoms with E-state index in [0.29, 0.717) is 6.54 Å². The monoisotopic (exact) mass is 365 g/mol. The number of halogens is 1. The lowest BCUT2D eigenvalue weighted by atomic mass is 10.3. The summed E-state index contributed by atoms with van der Waals surface area (Å²) in [6, 6.07) is 0. The van der Waals surface area contributed by atoms with Gasteiger partial charge in [0.05, 0.1) is 29.1 Å². The SMILES string of the molecule is CCn1cc(/C=C/C(=O)N(C)Cc2c(Br)cnn2CC)cn1. The number of nitrogens with zero attached hydrogens (tertiary/aromatic N) is 5. The Kier molecular flexibility index (Phi) is 5.54. The molecule has 2 aromatic heterocycles. The molecule has 1 amide bonds. The highest BCUT2D eigenvalue weighted by Crippen LogP contribution is 2.17. The van der Waals surface area contributed by atoms with Crippen LogP contribution in [-0.2, 0) is 24.4 Å². The Labute approximate surface area is 138 Å². The van der Waals surface area contributed by atoms with E-state index in [1.165, 1.54) is 0 Å². The Balaban J connectivity index is 2.01. The molecule has 0 N–H and O–H groups in total. The number of aryl methyl sites for hydroxylation is 2. The molecular formula is C15H20BrN5O. The summed E-state index contributed by atoms with van der Waals surface area (Å²) in [5.74, 6) is -0.0556. The number of carbonyl (C=O) groups is 1. The molecule has 0 unspecified atom stereocenters. The first kappa shape index (κ1) is 16.5. The maximum Gasteiger partial charge on any atom is 0.246 e. The number of hydrogen-bond donors (Lipinski definition) is 0. The van der Waals surface area contributed by atoms with Crippen molar-refractivity contribution in [2.45, 2.75) is 33.5 Å². The van der Waals surface area contributed by atoms with E-state index in [1.807, 2.05) is 29.4 Å². The number of rotatable bonds is 6. The van der Waals surface area contributed by atoms with Gasteiger partial charge in [-0.25, -0.2) is 0 Å². The first-order chi connectivity index (χ1) is 10.5. The number of hydrogen-bond acceptors (Lipinski definition) is 3. The summed E-state index contributed by atoms with van der Waals surface area (Å²) in [6.07, 6.45) is 8.76. The van der Waals surface area contributed by atoms with Gasteiger partial charge in [0, 0.05) is 38.0 Å². The molecule has 0 saturated carbocycles. The van der Waals surface area contributed by atoms with Crippen molar-refractivity contribution >= 4 is 27.9 Å². The van der Waals surface area contributed by atoms with Crippen molar-refractivity contribution in [1.29, 1.82) is 0 Å². The van der Waals surface area contributed by atoms with Crippen LogP contribution in [0.15, 0.2) is 29.1 Å². The van der Waals surface area contributed by atoms with Crippen LogP contribution in [0.1, 0.15) is 25.1 Å². The lowest BCUT2D eigenvalue weighted by Gasteiger charge is -2.16. The highest BCUT2D eigenvalue weighted by molar-refractivity contribution is 9.10. The van der Waals surface area contributed by atoms with E-state index in [2.05, 4.69) is 26.1 Å². The van der Waals surface area contributed by atoms with Crippen molar-refractivity contribution in [2.24, 2.45) is 0 Å². The van der Waals surface area contributed by atoms with Gasteiger partial charge in [-0.3, -0.25) is 14.2 Å². The highest BCUT2D eigenvalue weighted by Gasteiger charge is 2.13. The lowest BCUT2D eigenvalue weighted by molar-refractivity contribution is -0.125. The lowest BCUT2D eigenvalue weighted by Crippen LogP contribution is -2.25. The summed E-state index contributed by atoms with van der Waals surface area (Å²) >= 11 is 3.47. The standard InChI is InChI=1S/C15H20BrN5O/c1-4-20-10-12(8-17-20)6-7-15(22)19(3)11-14-13(16)9-18-21(14)5-2/h6-10H,4-5,11H2,1-3H3/b7-6+. The van der Waals surface area contributed by atoms with E-state index in [9.17, 15) is 4.79 Å². The van der Waals surface area contributed by atoms with E-state index in [0.717, 1.165) is 28.8 Å². The molecule has 0 fully saturated rings. The van der Waals surface area contributed by atoms with Gasteiger partial charge in [-0.15, -0.1) is 0 Å². The molecule has 0 aliphatic heterocycles. The molecule has 0 aliphatic carbocycles. The Morgan fingerprint density at radius 3 is 2.73 bits per heavy atom. The van der Waals surface area contributed by atoms with Crippen molar-refractivity contribution in [2.75, 3.05) is 7.05 Å². The maximum absolute atomic E-state index is 12.2. The molecule has 0 atom stereocenters.